The minimum absolute atomic E-state index is 0.113. The van der Waals surface area contributed by atoms with Crippen LogP contribution in [0, 0.1) is 0 Å². The molecule has 0 fully saturated rings. The van der Waals surface area contributed by atoms with E-state index in [9.17, 15) is 9.59 Å². The zero-order chi connectivity index (χ0) is 22.5. The normalized spacial score (nSPS) is 14.9. The van der Waals surface area contributed by atoms with Gasteiger partial charge in [0.1, 0.15) is 0 Å². The average molecular weight is 448 g/mol. The molecule has 0 aliphatic carbocycles. The van der Waals surface area contributed by atoms with Crippen LogP contribution in [0.1, 0.15) is 44.8 Å². The highest BCUT2D eigenvalue weighted by atomic mass is 32.2. The smallest absolute Gasteiger partial charge is 0.291 e. The molecule has 1 aliphatic heterocycles. The number of nitrogens with one attached hydrogen (secondary N) is 1. The largest absolute Gasteiger partial charge is 0.325 e. The van der Waals surface area contributed by atoms with Gasteiger partial charge in [0, 0.05) is 23.9 Å². The van der Waals surface area contributed by atoms with Crippen molar-refractivity contribution < 1.29 is 9.48 Å². The van der Waals surface area contributed by atoms with Gasteiger partial charge in [0.05, 0.1) is 11.3 Å². The molecular weight excluding hydrogens is 420 g/mol. The van der Waals surface area contributed by atoms with Gasteiger partial charge in [-0.1, -0.05) is 80.1 Å². The minimum Gasteiger partial charge on any atom is -0.291 e. The van der Waals surface area contributed by atoms with Crippen molar-refractivity contribution in [2.45, 2.75) is 44.4 Å². The standard InChI is InChI=1S/C25H26N4O2S/c1-3-4-10-17-32-25-26-24(31)23-20-13-8-9-14-21(20)28(18(2)30)22(29(23)27-25)16-15-19-11-6-5-7-12-19/h5-9,11-16,22H,3-4,10,17H2,1-2H3/p+1/b16-15+/t22-/m1/s1. The molecular formula is C25H27N4O2S+. The highest BCUT2D eigenvalue weighted by Crippen LogP contribution is 2.35. The Morgan fingerprint density at radius 2 is 1.91 bits per heavy atom. The maximum absolute atomic E-state index is 13.2. The van der Waals surface area contributed by atoms with Crippen molar-refractivity contribution in [3.8, 4) is 11.3 Å². The van der Waals surface area contributed by atoms with Crippen LogP contribution in [0.2, 0.25) is 0 Å². The van der Waals surface area contributed by atoms with Crippen LogP contribution in [-0.4, -0.2) is 21.7 Å². The van der Waals surface area contributed by atoms with Crippen LogP contribution in [0.25, 0.3) is 17.3 Å². The fourth-order valence-electron chi connectivity index (χ4n) is 3.88. The van der Waals surface area contributed by atoms with E-state index in [0.29, 0.717) is 22.1 Å². The van der Waals surface area contributed by atoms with Crippen LogP contribution in [0.4, 0.5) is 5.69 Å². The van der Waals surface area contributed by atoms with E-state index in [-0.39, 0.29) is 11.5 Å². The number of carbonyl (C=O) groups is 1. The van der Waals surface area contributed by atoms with Crippen molar-refractivity contribution in [2.75, 3.05) is 10.7 Å². The second-order valence-corrected chi connectivity index (χ2v) is 8.78. The third kappa shape index (κ3) is 4.53. The Morgan fingerprint density at radius 1 is 1.16 bits per heavy atom. The lowest BCUT2D eigenvalue weighted by molar-refractivity contribution is -0.761. The maximum Gasteiger partial charge on any atom is 0.325 e. The number of nitrogens with zero attached hydrogens (tertiary/aromatic N) is 3. The van der Waals surface area contributed by atoms with Gasteiger partial charge >= 0.3 is 11.3 Å². The van der Waals surface area contributed by atoms with Gasteiger partial charge in [-0.25, -0.2) is 4.90 Å². The third-order valence-corrected chi connectivity index (χ3v) is 6.33. The lowest BCUT2D eigenvalue weighted by atomic mass is 10.0. The summed E-state index contributed by atoms with van der Waals surface area (Å²) in [6.45, 7) is 3.70. The minimum atomic E-state index is -0.546. The van der Waals surface area contributed by atoms with Crippen molar-refractivity contribution in [3.63, 3.8) is 0 Å². The second kappa shape index (κ2) is 9.96. The van der Waals surface area contributed by atoms with E-state index in [1.54, 1.807) is 16.5 Å². The van der Waals surface area contributed by atoms with Gasteiger partial charge in [-0.3, -0.25) is 14.6 Å². The predicted octanol–water partition coefficient (Wildman–Crippen LogP) is 4.59. The molecule has 0 unspecified atom stereocenters. The monoisotopic (exact) mass is 447 g/mol. The Balaban J connectivity index is 1.83. The summed E-state index contributed by atoms with van der Waals surface area (Å²) in [5, 5.41) is 5.34. The van der Waals surface area contributed by atoms with Crippen molar-refractivity contribution >= 4 is 29.4 Å². The molecule has 1 atom stereocenters. The van der Waals surface area contributed by atoms with E-state index in [1.807, 2.05) is 66.7 Å². The van der Waals surface area contributed by atoms with Gasteiger partial charge in [-0.05, 0) is 28.8 Å². The zero-order valence-electron chi connectivity index (χ0n) is 18.3. The van der Waals surface area contributed by atoms with Crippen molar-refractivity contribution in [3.05, 3.63) is 76.6 Å². The number of carbonyl (C=O) groups excluding carboxylic acids is 1. The predicted molar refractivity (Wildman–Crippen MR) is 128 cm³/mol. The molecule has 1 amide bonds. The molecule has 32 heavy (non-hydrogen) atoms. The molecule has 3 aromatic rings. The number of anilines is 1. The molecule has 1 aliphatic rings. The number of H-pyrrole nitrogens is 1. The fraction of sp³-hybridized carbons (Fsp3) is 0.280. The first-order valence-corrected chi connectivity index (χ1v) is 11.9. The zero-order valence-corrected chi connectivity index (χ0v) is 19.1. The van der Waals surface area contributed by atoms with Gasteiger partial charge in [-0.15, -0.1) is 0 Å². The fourth-order valence-corrected chi connectivity index (χ4v) is 4.73. The Labute approximate surface area is 192 Å². The van der Waals surface area contributed by atoms with Crippen LogP contribution in [0.3, 0.4) is 0 Å². The van der Waals surface area contributed by atoms with Crippen LogP contribution in [0.15, 0.2) is 70.6 Å². The van der Waals surface area contributed by atoms with Gasteiger partial charge < -0.3 is 0 Å². The van der Waals surface area contributed by atoms with Gasteiger partial charge in [0.15, 0.2) is 0 Å². The Bertz CT molecular complexity index is 1190. The summed E-state index contributed by atoms with van der Waals surface area (Å²) in [5.74, 6) is 0.769. The number of thioether (sulfide) groups is 1. The summed E-state index contributed by atoms with van der Waals surface area (Å²) in [6.07, 6.45) is 6.68. The van der Waals surface area contributed by atoms with Crippen LogP contribution >= 0.6 is 11.8 Å². The molecule has 7 heteroatoms. The molecule has 0 spiro atoms. The number of para-hydroxylation sites is 1. The second-order valence-electron chi connectivity index (χ2n) is 7.70. The first-order valence-electron chi connectivity index (χ1n) is 10.9. The van der Waals surface area contributed by atoms with Crippen LogP contribution < -0.4 is 15.1 Å². The summed E-state index contributed by atoms with van der Waals surface area (Å²) in [5.41, 5.74) is 2.67. The van der Waals surface area contributed by atoms with E-state index < -0.39 is 6.17 Å². The number of benzene rings is 2. The van der Waals surface area contributed by atoms with Gasteiger partial charge in [0.2, 0.25) is 11.1 Å². The van der Waals surface area contributed by atoms with E-state index in [0.717, 1.165) is 30.6 Å². The molecule has 2 aromatic carbocycles. The molecule has 2 heterocycles. The van der Waals surface area contributed by atoms with Gasteiger partial charge in [-0.2, -0.15) is 0 Å². The van der Waals surface area contributed by atoms with Crippen molar-refractivity contribution in [2.24, 2.45) is 0 Å². The van der Waals surface area contributed by atoms with Crippen LogP contribution in [0.5, 0.6) is 0 Å². The molecule has 0 saturated heterocycles. The number of rotatable bonds is 7. The highest BCUT2D eigenvalue weighted by Gasteiger charge is 2.42. The van der Waals surface area contributed by atoms with E-state index in [1.165, 1.54) is 11.8 Å². The highest BCUT2D eigenvalue weighted by molar-refractivity contribution is 7.99. The SMILES string of the molecule is CCCCCSc1n[n+]2c(c(=O)[nH]1)-c1ccccc1N(C(C)=O)[C@H]2/C=C/c1ccccc1. The quantitative estimate of drug-likeness (QED) is 0.327. The third-order valence-electron chi connectivity index (χ3n) is 5.38. The number of hydrogen-bond acceptors (Lipinski definition) is 4. The number of aromatic amines is 1. The molecule has 0 saturated carbocycles. The van der Waals surface area contributed by atoms with E-state index in [2.05, 4.69) is 11.9 Å². The summed E-state index contributed by atoms with van der Waals surface area (Å²) in [6, 6.07) is 17.4. The molecule has 1 aromatic heterocycles. The Morgan fingerprint density at radius 3 is 2.66 bits per heavy atom. The molecule has 0 radical (unpaired) electrons. The van der Waals surface area contributed by atoms with Crippen LogP contribution in [-0.2, 0) is 4.79 Å². The molecule has 164 valence electrons. The number of amides is 1. The van der Waals surface area contributed by atoms with E-state index in [4.69, 9.17) is 5.10 Å². The summed E-state index contributed by atoms with van der Waals surface area (Å²) in [4.78, 5) is 30.6. The summed E-state index contributed by atoms with van der Waals surface area (Å²) in [7, 11) is 0. The lowest BCUT2D eigenvalue weighted by Gasteiger charge is -2.29. The molecule has 0 bridgehead atoms. The average Bonchev–Trinajstić information content (AvgIpc) is 2.80. The first-order chi connectivity index (χ1) is 15.6. The summed E-state index contributed by atoms with van der Waals surface area (Å²) < 4.78 is 1.68. The van der Waals surface area contributed by atoms with E-state index >= 15 is 0 Å². The number of fused-ring (bicyclic) bond motifs is 3. The molecule has 4 rings (SSSR count). The number of unbranched alkanes of at least 4 members (excludes halogenated alkanes) is 2. The van der Waals surface area contributed by atoms with Gasteiger partial charge in [0.25, 0.3) is 6.17 Å². The Hall–Kier alpha value is -3.19. The number of aromatic nitrogens is 3. The Kier molecular flexibility index (Phi) is 6.85. The summed E-state index contributed by atoms with van der Waals surface area (Å²) >= 11 is 1.54. The molecule has 1 N–H and O–H groups in total. The maximum atomic E-state index is 13.2. The molecule has 6 nitrogen and oxygen atoms in total. The lowest BCUT2D eigenvalue weighted by Crippen LogP contribution is -2.59. The first kappa shape index (κ1) is 22.0. The van der Waals surface area contributed by atoms with Crippen molar-refractivity contribution in [1.82, 2.24) is 10.1 Å². The van der Waals surface area contributed by atoms with Crippen molar-refractivity contribution in [1.29, 1.82) is 0 Å². The topological polar surface area (TPSA) is 69.9 Å². The number of hydrogen-bond donors (Lipinski definition) is 1.